The standard InChI is InChI=1S/C7H7F3/c8-5-7(9,10)6-3-1-2-4-6/h1-3H,4-5H2. The summed E-state index contributed by atoms with van der Waals surface area (Å²) in [5, 5.41) is 0. The molecule has 0 saturated heterocycles. The number of halogens is 3. The predicted octanol–water partition coefficient (Wildman–Crippen LogP) is 2.48. The third kappa shape index (κ3) is 1.23. The molecule has 0 aromatic carbocycles. The van der Waals surface area contributed by atoms with Gasteiger partial charge < -0.3 is 0 Å². The van der Waals surface area contributed by atoms with Gasteiger partial charge >= 0.3 is 0 Å². The lowest BCUT2D eigenvalue weighted by molar-refractivity contribution is 0.0139. The van der Waals surface area contributed by atoms with E-state index in [1.54, 1.807) is 6.08 Å². The fraction of sp³-hybridized carbons (Fsp3) is 0.429. The van der Waals surface area contributed by atoms with Crippen LogP contribution in [-0.2, 0) is 0 Å². The minimum atomic E-state index is -3.25. The van der Waals surface area contributed by atoms with E-state index in [1.807, 2.05) is 0 Å². The second kappa shape index (κ2) is 2.48. The molecule has 1 aliphatic carbocycles. The number of alkyl halides is 3. The first-order valence-corrected chi connectivity index (χ1v) is 2.97. The molecule has 0 nitrogen and oxygen atoms in total. The van der Waals surface area contributed by atoms with Gasteiger partial charge in [-0.05, 0) is 6.42 Å². The van der Waals surface area contributed by atoms with Crippen LogP contribution in [0, 0.1) is 0 Å². The first-order chi connectivity index (χ1) is 4.67. The largest absolute Gasteiger partial charge is 0.297 e. The summed E-state index contributed by atoms with van der Waals surface area (Å²) in [5.41, 5.74) is -0.130. The van der Waals surface area contributed by atoms with Gasteiger partial charge in [0.25, 0.3) is 5.92 Å². The van der Waals surface area contributed by atoms with Crippen molar-refractivity contribution < 1.29 is 13.2 Å². The van der Waals surface area contributed by atoms with E-state index >= 15 is 0 Å². The van der Waals surface area contributed by atoms with Crippen LogP contribution in [0.5, 0.6) is 0 Å². The molecule has 0 aromatic rings. The van der Waals surface area contributed by atoms with E-state index in [0.717, 1.165) is 0 Å². The molecule has 0 aliphatic heterocycles. The highest BCUT2D eigenvalue weighted by Crippen LogP contribution is 2.29. The molecule has 0 heterocycles. The normalized spacial score (nSPS) is 17.7. The van der Waals surface area contributed by atoms with Crippen LogP contribution in [0.3, 0.4) is 0 Å². The van der Waals surface area contributed by atoms with Gasteiger partial charge in [0.15, 0.2) is 6.67 Å². The van der Waals surface area contributed by atoms with Crippen molar-refractivity contribution in [3.63, 3.8) is 0 Å². The third-order valence-corrected chi connectivity index (χ3v) is 1.41. The minimum absolute atomic E-state index is 0.130. The summed E-state index contributed by atoms with van der Waals surface area (Å²) >= 11 is 0. The quantitative estimate of drug-likeness (QED) is 0.564. The molecule has 0 N–H and O–H groups in total. The molecule has 0 atom stereocenters. The van der Waals surface area contributed by atoms with Gasteiger partial charge in [0.1, 0.15) is 0 Å². The number of allylic oxidation sites excluding steroid dienone is 4. The van der Waals surface area contributed by atoms with Crippen molar-refractivity contribution in [1.82, 2.24) is 0 Å². The average Bonchev–Trinajstić information content (AvgIpc) is 2.38. The highest BCUT2D eigenvalue weighted by molar-refractivity contribution is 5.28. The molecule has 0 radical (unpaired) electrons. The Morgan fingerprint density at radius 1 is 1.50 bits per heavy atom. The monoisotopic (exact) mass is 148 g/mol. The summed E-state index contributed by atoms with van der Waals surface area (Å²) in [6.07, 6.45) is 4.54. The zero-order valence-electron chi connectivity index (χ0n) is 5.28. The van der Waals surface area contributed by atoms with Gasteiger partial charge in [-0.3, -0.25) is 0 Å². The molecule has 10 heavy (non-hydrogen) atoms. The van der Waals surface area contributed by atoms with Crippen LogP contribution in [0.2, 0.25) is 0 Å². The van der Waals surface area contributed by atoms with Gasteiger partial charge in [0, 0.05) is 5.57 Å². The highest BCUT2D eigenvalue weighted by Gasteiger charge is 2.33. The van der Waals surface area contributed by atoms with Crippen molar-refractivity contribution >= 4 is 0 Å². The molecular formula is C7H7F3. The molecular weight excluding hydrogens is 141 g/mol. The van der Waals surface area contributed by atoms with Crippen LogP contribution in [0.1, 0.15) is 6.42 Å². The zero-order valence-corrected chi connectivity index (χ0v) is 5.28. The van der Waals surface area contributed by atoms with Crippen LogP contribution >= 0.6 is 0 Å². The number of rotatable bonds is 2. The Morgan fingerprint density at radius 2 is 2.20 bits per heavy atom. The van der Waals surface area contributed by atoms with Crippen molar-refractivity contribution in [3.05, 3.63) is 23.8 Å². The van der Waals surface area contributed by atoms with Gasteiger partial charge in [-0.1, -0.05) is 18.2 Å². The zero-order chi connectivity index (χ0) is 7.61. The molecule has 0 bridgehead atoms. The van der Waals surface area contributed by atoms with Crippen LogP contribution < -0.4 is 0 Å². The molecule has 0 saturated carbocycles. The second-order valence-electron chi connectivity index (χ2n) is 2.16. The topological polar surface area (TPSA) is 0 Å². The maximum atomic E-state index is 12.4. The molecule has 0 aromatic heterocycles. The van der Waals surface area contributed by atoms with E-state index in [1.165, 1.54) is 12.2 Å². The van der Waals surface area contributed by atoms with Crippen molar-refractivity contribution in [1.29, 1.82) is 0 Å². The van der Waals surface area contributed by atoms with Crippen molar-refractivity contribution in [2.75, 3.05) is 6.67 Å². The van der Waals surface area contributed by atoms with Gasteiger partial charge in [-0.15, -0.1) is 0 Å². The van der Waals surface area contributed by atoms with E-state index in [4.69, 9.17) is 0 Å². The van der Waals surface area contributed by atoms with Crippen molar-refractivity contribution in [2.45, 2.75) is 12.3 Å². The van der Waals surface area contributed by atoms with Gasteiger partial charge in [-0.2, -0.15) is 8.78 Å². The Hall–Kier alpha value is -0.730. The molecule has 0 amide bonds. The lowest BCUT2D eigenvalue weighted by Gasteiger charge is -2.12. The van der Waals surface area contributed by atoms with Crippen LogP contribution in [0.15, 0.2) is 23.8 Å². The summed E-state index contributed by atoms with van der Waals surface area (Å²) < 4.78 is 36.4. The Balaban J connectivity index is 2.65. The lowest BCUT2D eigenvalue weighted by Crippen LogP contribution is -2.20. The average molecular weight is 148 g/mol. The van der Waals surface area contributed by atoms with Crippen LogP contribution in [0.4, 0.5) is 13.2 Å². The number of hydrogen-bond acceptors (Lipinski definition) is 0. The molecule has 3 heteroatoms. The molecule has 1 rings (SSSR count). The van der Waals surface area contributed by atoms with Gasteiger partial charge in [0.2, 0.25) is 0 Å². The fourth-order valence-corrected chi connectivity index (χ4v) is 0.804. The first kappa shape index (κ1) is 7.38. The lowest BCUT2D eigenvalue weighted by atomic mass is 10.1. The summed E-state index contributed by atoms with van der Waals surface area (Å²) in [6.45, 7) is -1.60. The summed E-state index contributed by atoms with van der Waals surface area (Å²) in [7, 11) is 0. The smallest absolute Gasteiger partial charge is 0.244 e. The molecule has 0 fully saturated rings. The van der Waals surface area contributed by atoms with Crippen LogP contribution in [-0.4, -0.2) is 12.6 Å². The Labute approximate surface area is 57.0 Å². The Morgan fingerprint density at radius 3 is 2.60 bits per heavy atom. The SMILES string of the molecule is FCC(F)(F)C1=CC=CC1. The van der Waals surface area contributed by atoms with E-state index in [2.05, 4.69) is 0 Å². The van der Waals surface area contributed by atoms with E-state index in [9.17, 15) is 13.2 Å². The Bertz CT molecular complexity index is 179. The fourth-order valence-electron chi connectivity index (χ4n) is 0.804. The maximum absolute atomic E-state index is 12.4. The van der Waals surface area contributed by atoms with E-state index < -0.39 is 12.6 Å². The minimum Gasteiger partial charge on any atom is -0.244 e. The Kier molecular flexibility index (Phi) is 1.83. The van der Waals surface area contributed by atoms with Crippen molar-refractivity contribution in [3.8, 4) is 0 Å². The predicted molar refractivity (Wildman–Crippen MR) is 32.8 cm³/mol. The molecule has 0 unspecified atom stereocenters. The summed E-state index contributed by atoms with van der Waals surface area (Å²) in [6, 6.07) is 0. The van der Waals surface area contributed by atoms with Gasteiger partial charge in [-0.25, -0.2) is 4.39 Å². The first-order valence-electron chi connectivity index (χ1n) is 2.97. The maximum Gasteiger partial charge on any atom is 0.297 e. The second-order valence-corrected chi connectivity index (χ2v) is 2.16. The summed E-state index contributed by atoms with van der Waals surface area (Å²) in [4.78, 5) is 0. The van der Waals surface area contributed by atoms with E-state index in [-0.39, 0.29) is 12.0 Å². The third-order valence-electron chi connectivity index (χ3n) is 1.41. The molecule has 56 valence electrons. The van der Waals surface area contributed by atoms with Crippen molar-refractivity contribution in [2.24, 2.45) is 0 Å². The molecule has 0 spiro atoms. The van der Waals surface area contributed by atoms with Crippen LogP contribution in [0.25, 0.3) is 0 Å². The van der Waals surface area contributed by atoms with Gasteiger partial charge in [0.05, 0.1) is 0 Å². The van der Waals surface area contributed by atoms with E-state index in [0.29, 0.717) is 0 Å². The number of hydrogen-bond donors (Lipinski definition) is 0. The highest BCUT2D eigenvalue weighted by atomic mass is 19.3. The molecule has 1 aliphatic rings. The summed E-state index contributed by atoms with van der Waals surface area (Å²) in [5.74, 6) is -3.25.